The van der Waals surface area contributed by atoms with Gasteiger partial charge in [0.15, 0.2) is 5.16 Å². The van der Waals surface area contributed by atoms with E-state index in [9.17, 15) is 9.90 Å². The van der Waals surface area contributed by atoms with Gasteiger partial charge in [0.05, 0.1) is 0 Å². The van der Waals surface area contributed by atoms with Crippen LogP contribution >= 0.6 is 11.8 Å². The average molecular weight is 243 g/mol. The van der Waals surface area contributed by atoms with Gasteiger partial charge in [-0.1, -0.05) is 38.5 Å². The Morgan fingerprint density at radius 2 is 2.12 bits per heavy atom. The summed E-state index contributed by atoms with van der Waals surface area (Å²) >= 11 is 1.27. The van der Waals surface area contributed by atoms with Crippen molar-refractivity contribution in [3.8, 4) is 0 Å². The molecular formula is C10H17N3O2S. The number of carboxylic acids is 1. The Kier molecular flexibility index (Phi) is 4.79. The Morgan fingerprint density at radius 3 is 2.50 bits per heavy atom. The van der Waals surface area contributed by atoms with Crippen LogP contribution in [0.25, 0.3) is 0 Å². The summed E-state index contributed by atoms with van der Waals surface area (Å²) in [5, 5.41) is 16.4. The molecule has 1 rings (SSSR count). The van der Waals surface area contributed by atoms with Crippen molar-refractivity contribution in [2.45, 2.75) is 49.4 Å². The molecule has 0 aliphatic carbocycles. The van der Waals surface area contributed by atoms with Crippen LogP contribution in [-0.2, 0) is 4.79 Å². The van der Waals surface area contributed by atoms with E-state index in [0.29, 0.717) is 18.0 Å². The highest BCUT2D eigenvalue weighted by atomic mass is 32.2. The standard InChI is InChI=1S/C10H17N3O2S/c1-3-5-10(6-4-2,8(14)15)16-9-11-7-12-13-9/h7H,3-6H2,1-2H3,(H,14,15)(H,11,12,13). The Bertz CT molecular complexity index is 321. The van der Waals surface area contributed by atoms with Crippen LogP contribution in [0.5, 0.6) is 0 Å². The van der Waals surface area contributed by atoms with Gasteiger partial charge in [-0.05, 0) is 12.8 Å². The minimum Gasteiger partial charge on any atom is -0.480 e. The van der Waals surface area contributed by atoms with Gasteiger partial charge < -0.3 is 5.11 Å². The Morgan fingerprint density at radius 1 is 1.50 bits per heavy atom. The number of nitrogens with zero attached hydrogens (tertiary/aromatic N) is 2. The third-order valence-corrected chi connectivity index (χ3v) is 3.75. The summed E-state index contributed by atoms with van der Waals surface area (Å²) in [6, 6.07) is 0. The van der Waals surface area contributed by atoms with E-state index in [2.05, 4.69) is 15.2 Å². The van der Waals surface area contributed by atoms with E-state index < -0.39 is 10.7 Å². The number of thioether (sulfide) groups is 1. The third-order valence-electron chi connectivity index (χ3n) is 2.38. The molecule has 0 bridgehead atoms. The first-order chi connectivity index (χ1) is 7.64. The van der Waals surface area contributed by atoms with Crippen molar-refractivity contribution in [1.82, 2.24) is 15.2 Å². The zero-order valence-corrected chi connectivity index (χ0v) is 10.4. The first-order valence-corrected chi connectivity index (χ1v) is 6.24. The maximum absolute atomic E-state index is 11.4. The summed E-state index contributed by atoms with van der Waals surface area (Å²) in [5.74, 6) is -0.766. The number of H-pyrrole nitrogens is 1. The number of aromatic nitrogens is 3. The number of hydrogen-bond acceptors (Lipinski definition) is 4. The van der Waals surface area contributed by atoms with Crippen molar-refractivity contribution in [2.24, 2.45) is 0 Å². The number of hydrogen-bond donors (Lipinski definition) is 2. The number of rotatable bonds is 7. The summed E-state index contributed by atoms with van der Waals surface area (Å²) in [4.78, 5) is 15.4. The van der Waals surface area contributed by atoms with E-state index in [-0.39, 0.29) is 0 Å². The van der Waals surface area contributed by atoms with Crippen LogP contribution < -0.4 is 0 Å². The molecule has 0 saturated heterocycles. The van der Waals surface area contributed by atoms with E-state index in [1.54, 1.807) is 0 Å². The smallest absolute Gasteiger partial charge is 0.320 e. The second kappa shape index (κ2) is 5.89. The molecule has 0 aliphatic rings. The number of carboxylic acid groups (broad SMARTS) is 1. The molecule has 0 saturated carbocycles. The second-order valence-electron chi connectivity index (χ2n) is 3.69. The normalized spacial score (nSPS) is 11.6. The maximum atomic E-state index is 11.4. The minimum absolute atomic E-state index is 0.573. The SMILES string of the molecule is CCCC(CCC)(Sc1ncn[nH]1)C(=O)O. The topological polar surface area (TPSA) is 78.9 Å². The molecule has 0 fully saturated rings. The third kappa shape index (κ3) is 2.98. The van der Waals surface area contributed by atoms with E-state index in [0.717, 1.165) is 12.8 Å². The molecular weight excluding hydrogens is 226 g/mol. The number of aliphatic carboxylic acids is 1. The summed E-state index contributed by atoms with van der Waals surface area (Å²) in [7, 11) is 0. The first-order valence-electron chi connectivity index (χ1n) is 5.42. The van der Waals surface area contributed by atoms with Gasteiger partial charge in [-0.3, -0.25) is 9.89 Å². The highest BCUT2D eigenvalue weighted by molar-refractivity contribution is 8.01. The fourth-order valence-electron chi connectivity index (χ4n) is 1.72. The molecule has 0 radical (unpaired) electrons. The van der Waals surface area contributed by atoms with Gasteiger partial charge >= 0.3 is 5.97 Å². The number of nitrogens with one attached hydrogen (secondary N) is 1. The van der Waals surface area contributed by atoms with E-state index >= 15 is 0 Å². The predicted molar refractivity (Wildman–Crippen MR) is 62.4 cm³/mol. The summed E-state index contributed by atoms with van der Waals surface area (Å²) < 4.78 is -0.775. The van der Waals surface area contributed by atoms with E-state index in [1.165, 1.54) is 18.1 Å². The lowest BCUT2D eigenvalue weighted by molar-refractivity contribution is -0.140. The molecule has 0 amide bonds. The van der Waals surface area contributed by atoms with Crippen molar-refractivity contribution in [3.63, 3.8) is 0 Å². The number of carbonyl (C=O) groups is 1. The maximum Gasteiger partial charge on any atom is 0.320 e. The van der Waals surface area contributed by atoms with Gasteiger partial charge in [0.2, 0.25) is 0 Å². The largest absolute Gasteiger partial charge is 0.480 e. The van der Waals surface area contributed by atoms with Crippen molar-refractivity contribution in [2.75, 3.05) is 0 Å². The van der Waals surface area contributed by atoms with Crippen molar-refractivity contribution in [3.05, 3.63) is 6.33 Å². The lowest BCUT2D eigenvalue weighted by Crippen LogP contribution is -2.35. The van der Waals surface area contributed by atoms with Crippen LogP contribution in [-0.4, -0.2) is 31.0 Å². The predicted octanol–water partition coefficient (Wildman–Crippen LogP) is 2.32. The summed E-state index contributed by atoms with van der Waals surface area (Å²) in [5.41, 5.74) is 0. The van der Waals surface area contributed by atoms with Gasteiger partial charge in [-0.2, -0.15) is 5.10 Å². The molecule has 1 aromatic heterocycles. The average Bonchev–Trinajstić information content (AvgIpc) is 2.70. The van der Waals surface area contributed by atoms with Gasteiger partial charge in [-0.25, -0.2) is 4.98 Å². The van der Waals surface area contributed by atoms with Crippen molar-refractivity contribution < 1.29 is 9.90 Å². The Labute approximate surface area is 99.0 Å². The second-order valence-corrected chi connectivity index (χ2v) is 5.06. The molecule has 0 aromatic carbocycles. The number of aromatic amines is 1. The van der Waals surface area contributed by atoms with Crippen LogP contribution in [0, 0.1) is 0 Å². The molecule has 0 spiro atoms. The van der Waals surface area contributed by atoms with Crippen LogP contribution in [0.4, 0.5) is 0 Å². The van der Waals surface area contributed by atoms with Crippen LogP contribution in [0.15, 0.2) is 11.5 Å². The molecule has 1 heterocycles. The molecule has 5 nitrogen and oxygen atoms in total. The van der Waals surface area contributed by atoms with Gasteiger partial charge in [0, 0.05) is 0 Å². The molecule has 2 N–H and O–H groups in total. The highest BCUT2D eigenvalue weighted by Gasteiger charge is 2.38. The lowest BCUT2D eigenvalue weighted by atomic mass is 9.97. The zero-order chi connectivity index (χ0) is 12.0. The van der Waals surface area contributed by atoms with E-state index in [4.69, 9.17) is 0 Å². The molecule has 0 aliphatic heterocycles. The van der Waals surface area contributed by atoms with Crippen LogP contribution in [0.1, 0.15) is 39.5 Å². The van der Waals surface area contributed by atoms with Crippen molar-refractivity contribution >= 4 is 17.7 Å². The van der Waals surface area contributed by atoms with Crippen LogP contribution in [0.2, 0.25) is 0 Å². The van der Waals surface area contributed by atoms with E-state index in [1.807, 2.05) is 13.8 Å². The quantitative estimate of drug-likeness (QED) is 0.718. The first kappa shape index (κ1) is 13.0. The Balaban J connectivity index is 2.87. The molecule has 1 aromatic rings. The van der Waals surface area contributed by atoms with Crippen LogP contribution in [0.3, 0.4) is 0 Å². The lowest BCUT2D eigenvalue weighted by Gasteiger charge is -2.26. The Hall–Kier alpha value is -1.04. The van der Waals surface area contributed by atoms with Gasteiger partial charge in [0.1, 0.15) is 11.1 Å². The highest BCUT2D eigenvalue weighted by Crippen LogP contribution is 2.38. The summed E-state index contributed by atoms with van der Waals surface area (Å²) in [6.45, 7) is 3.99. The monoisotopic (exact) mass is 243 g/mol. The summed E-state index contributed by atoms with van der Waals surface area (Å²) in [6.07, 6.45) is 4.36. The van der Waals surface area contributed by atoms with Gasteiger partial charge in [0.25, 0.3) is 0 Å². The minimum atomic E-state index is -0.775. The molecule has 6 heteroatoms. The fourth-order valence-corrected chi connectivity index (χ4v) is 2.99. The zero-order valence-electron chi connectivity index (χ0n) is 9.56. The fraction of sp³-hybridized carbons (Fsp3) is 0.700. The molecule has 0 atom stereocenters. The van der Waals surface area contributed by atoms with Gasteiger partial charge in [-0.15, -0.1) is 0 Å². The molecule has 16 heavy (non-hydrogen) atoms. The van der Waals surface area contributed by atoms with Crippen molar-refractivity contribution in [1.29, 1.82) is 0 Å². The molecule has 0 unspecified atom stereocenters. The molecule has 90 valence electrons.